The van der Waals surface area contributed by atoms with Crippen molar-refractivity contribution < 1.29 is 13.5 Å². The zero-order valence-corrected chi connectivity index (χ0v) is 9.18. The molecule has 0 N–H and O–H groups in total. The number of nitrogens with zero attached hydrogens (tertiary/aromatic N) is 1. The lowest BCUT2D eigenvalue weighted by molar-refractivity contribution is 0.293. The number of benzene rings is 1. The van der Waals surface area contributed by atoms with Crippen LogP contribution < -0.4 is 9.64 Å². The van der Waals surface area contributed by atoms with E-state index < -0.39 is 11.6 Å². The van der Waals surface area contributed by atoms with Crippen LogP contribution in [0.4, 0.5) is 14.5 Å². The Kier molecular flexibility index (Phi) is 3.88. The summed E-state index contributed by atoms with van der Waals surface area (Å²) in [6.45, 7) is 5.09. The first-order chi connectivity index (χ1) is 7.18. The first-order valence-corrected chi connectivity index (χ1v) is 5.01. The van der Waals surface area contributed by atoms with Crippen LogP contribution in [0.3, 0.4) is 0 Å². The average molecular weight is 215 g/mol. The maximum atomic E-state index is 13.1. The van der Waals surface area contributed by atoms with Gasteiger partial charge in [-0.05, 0) is 0 Å². The van der Waals surface area contributed by atoms with Gasteiger partial charge >= 0.3 is 0 Å². The van der Waals surface area contributed by atoms with Crippen molar-refractivity contribution in [1.82, 2.24) is 0 Å². The Hall–Kier alpha value is -1.32. The van der Waals surface area contributed by atoms with E-state index in [0.717, 1.165) is 6.07 Å². The van der Waals surface area contributed by atoms with Crippen LogP contribution in [0.25, 0.3) is 0 Å². The molecule has 1 aliphatic rings. The summed E-state index contributed by atoms with van der Waals surface area (Å²) in [4.78, 5) is 1.77. The Balaban J connectivity index is 0.000000531. The normalized spacial score (nSPS) is 13.5. The van der Waals surface area contributed by atoms with Crippen LogP contribution in [0.2, 0.25) is 0 Å². The van der Waals surface area contributed by atoms with Crippen molar-refractivity contribution in [2.75, 3.05) is 25.1 Å². The number of likely N-dealkylation sites (N-methyl/N-ethyl adjacent to an activating group) is 1. The van der Waals surface area contributed by atoms with Crippen molar-refractivity contribution in [3.05, 3.63) is 23.8 Å². The Morgan fingerprint density at radius 1 is 1.27 bits per heavy atom. The molecule has 0 radical (unpaired) electrons. The summed E-state index contributed by atoms with van der Waals surface area (Å²) in [7, 11) is 1.78. The zero-order chi connectivity index (χ0) is 11.4. The molecule has 0 unspecified atom stereocenters. The molecule has 0 saturated carbocycles. The topological polar surface area (TPSA) is 12.5 Å². The Morgan fingerprint density at radius 2 is 1.93 bits per heavy atom. The van der Waals surface area contributed by atoms with Crippen molar-refractivity contribution in [2.24, 2.45) is 0 Å². The standard InChI is InChI=1S/C9H9F2NO.C2H6/c1-12-2-3-13-9-7(11)4-6(10)5-8(9)12;1-2/h4-5H,2-3H2,1H3;1-2H3. The van der Waals surface area contributed by atoms with Gasteiger partial charge in [0.25, 0.3) is 0 Å². The summed E-state index contributed by atoms with van der Waals surface area (Å²) in [5.74, 6) is -1.06. The number of hydrogen-bond donors (Lipinski definition) is 0. The fourth-order valence-electron chi connectivity index (χ4n) is 1.38. The molecule has 0 saturated heterocycles. The summed E-state index contributed by atoms with van der Waals surface area (Å²) in [6.07, 6.45) is 0. The van der Waals surface area contributed by atoms with Crippen molar-refractivity contribution in [3.8, 4) is 5.75 Å². The van der Waals surface area contributed by atoms with Gasteiger partial charge in [-0.25, -0.2) is 8.78 Å². The van der Waals surface area contributed by atoms with E-state index in [0.29, 0.717) is 18.8 Å². The van der Waals surface area contributed by atoms with Crippen LogP contribution in [-0.2, 0) is 0 Å². The molecule has 2 rings (SSSR count). The molecule has 0 amide bonds. The number of rotatable bonds is 0. The van der Waals surface area contributed by atoms with Gasteiger partial charge in [-0.15, -0.1) is 0 Å². The Morgan fingerprint density at radius 3 is 2.60 bits per heavy atom. The van der Waals surface area contributed by atoms with E-state index >= 15 is 0 Å². The molecule has 1 aromatic rings. The molecule has 1 aromatic carbocycles. The highest BCUT2D eigenvalue weighted by molar-refractivity contribution is 5.60. The number of halogens is 2. The van der Waals surface area contributed by atoms with Gasteiger partial charge < -0.3 is 9.64 Å². The van der Waals surface area contributed by atoms with Crippen LogP contribution in [0.1, 0.15) is 13.8 Å². The third-order valence-electron chi connectivity index (χ3n) is 2.07. The minimum Gasteiger partial charge on any atom is -0.486 e. The predicted molar refractivity (Wildman–Crippen MR) is 56.5 cm³/mol. The fraction of sp³-hybridized carbons (Fsp3) is 0.455. The maximum Gasteiger partial charge on any atom is 0.178 e. The van der Waals surface area contributed by atoms with E-state index in [1.807, 2.05) is 13.8 Å². The minimum absolute atomic E-state index is 0.148. The van der Waals surface area contributed by atoms with Crippen molar-refractivity contribution in [2.45, 2.75) is 13.8 Å². The number of fused-ring (bicyclic) bond motifs is 1. The molecular formula is C11H15F2NO. The first kappa shape index (κ1) is 11.8. The molecule has 0 atom stereocenters. The van der Waals surface area contributed by atoms with E-state index in [-0.39, 0.29) is 5.75 Å². The van der Waals surface area contributed by atoms with Crippen molar-refractivity contribution in [1.29, 1.82) is 0 Å². The largest absolute Gasteiger partial charge is 0.486 e. The van der Waals surface area contributed by atoms with Gasteiger partial charge in [-0.2, -0.15) is 0 Å². The van der Waals surface area contributed by atoms with Gasteiger partial charge in [-0.3, -0.25) is 0 Å². The van der Waals surface area contributed by atoms with Crippen molar-refractivity contribution >= 4 is 5.69 Å². The number of anilines is 1. The second kappa shape index (κ2) is 4.96. The highest BCUT2D eigenvalue weighted by Gasteiger charge is 2.19. The van der Waals surface area contributed by atoms with Crippen LogP contribution in [0.5, 0.6) is 5.75 Å². The monoisotopic (exact) mass is 215 g/mol. The Bertz CT molecular complexity index is 342. The summed E-state index contributed by atoms with van der Waals surface area (Å²) in [5, 5.41) is 0. The van der Waals surface area contributed by atoms with Crippen LogP contribution >= 0.6 is 0 Å². The minimum atomic E-state index is -0.637. The highest BCUT2D eigenvalue weighted by Crippen LogP contribution is 2.33. The van der Waals surface area contributed by atoms with Gasteiger partial charge in [0.2, 0.25) is 0 Å². The second-order valence-corrected chi connectivity index (χ2v) is 3.01. The molecule has 0 aliphatic carbocycles. The van der Waals surface area contributed by atoms with E-state index in [4.69, 9.17) is 4.74 Å². The van der Waals surface area contributed by atoms with Gasteiger partial charge in [0.05, 0.1) is 12.2 Å². The quantitative estimate of drug-likeness (QED) is 0.659. The number of hydrogen-bond acceptors (Lipinski definition) is 2. The second-order valence-electron chi connectivity index (χ2n) is 3.01. The predicted octanol–water partition coefficient (Wildman–Crippen LogP) is 2.82. The molecule has 0 spiro atoms. The van der Waals surface area contributed by atoms with Gasteiger partial charge in [0.15, 0.2) is 11.6 Å². The summed E-state index contributed by atoms with van der Waals surface area (Å²) in [6, 6.07) is 2.11. The lowest BCUT2D eigenvalue weighted by atomic mass is 10.2. The summed E-state index contributed by atoms with van der Waals surface area (Å²) < 4.78 is 31.0. The van der Waals surface area contributed by atoms with E-state index in [2.05, 4.69) is 0 Å². The molecule has 0 bridgehead atoms. The summed E-state index contributed by atoms with van der Waals surface area (Å²) in [5.41, 5.74) is 0.476. The molecule has 1 heterocycles. The molecular weight excluding hydrogens is 200 g/mol. The van der Waals surface area contributed by atoms with Gasteiger partial charge in [-0.1, -0.05) is 13.8 Å². The maximum absolute atomic E-state index is 13.1. The highest BCUT2D eigenvalue weighted by atomic mass is 19.1. The zero-order valence-electron chi connectivity index (χ0n) is 9.18. The molecule has 1 aliphatic heterocycles. The fourth-order valence-corrected chi connectivity index (χ4v) is 1.38. The van der Waals surface area contributed by atoms with Crippen LogP contribution in [0.15, 0.2) is 12.1 Å². The summed E-state index contributed by atoms with van der Waals surface area (Å²) >= 11 is 0. The molecule has 2 nitrogen and oxygen atoms in total. The first-order valence-electron chi connectivity index (χ1n) is 5.01. The molecule has 4 heteroatoms. The van der Waals surface area contributed by atoms with Crippen LogP contribution in [-0.4, -0.2) is 20.2 Å². The molecule has 0 aromatic heterocycles. The molecule has 84 valence electrons. The third-order valence-corrected chi connectivity index (χ3v) is 2.07. The van der Waals surface area contributed by atoms with E-state index in [9.17, 15) is 8.78 Å². The lowest BCUT2D eigenvalue weighted by Crippen LogP contribution is -2.29. The third kappa shape index (κ3) is 2.37. The molecule has 0 fully saturated rings. The van der Waals surface area contributed by atoms with Crippen molar-refractivity contribution in [3.63, 3.8) is 0 Å². The Labute approximate surface area is 88.5 Å². The van der Waals surface area contributed by atoms with Gasteiger partial charge in [0, 0.05) is 19.2 Å². The molecule has 15 heavy (non-hydrogen) atoms. The van der Waals surface area contributed by atoms with Crippen LogP contribution in [0, 0.1) is 11.6 Å². The average Bonchev–Trinajstić information content (AvgIpc) is 2.23. The SMILES string of the molecule is CC.CN1CCOc2c(F)cc(F)cc21. The smallest absolute Gasteiger partial charge is 0.178 e. The van der Waals surface area contributed by atoms with E-state index in [1.54, 1.807) is 11.9 Å². The lowest BCUT2D eigenvalue weighted by Gasteiger charge is -2.27. The van der Waals surface area contributed by atoms with Gasteiger partial charge in [0.1, 0.15) is 12.4 Å². The number of ether oxygens (including phenoxy) is 1. The van der Waals surface area contributed by atoms with E-state index in [1.165, 1.54) is 6.07 Å².